The summed E-state index contributed by atoms with van der Waals surface area (Å²) in [7, 11) is 0. The van der Waals surface area contributed by atoms with Crippen LogP contribution in [0, 0.1) is 0 Å². The first-order chi connectivity index (χ1) is 30.6. The molecule has 0 fully saturated rings. The number of hydrogen-bond acceptors (Lipinski definition) is 6. The number of nitrogens with zero attached hydrogens (tertiary/aromatic N) is 6. The van der Waals surface area contributed by atoms with E-state index in [1.54, 1.807) is 0 Å². The molecule has 0 amide bonds. The van der Waals surface area contributed by atoms with Gasteiger partial charge in [-0.15, -0.1) is 0 Å². The van der Waals surface area contributed by atoms with E-state index in [0.29, 0.717) is 34.9 Å². The Morgan fingerprint density at radius 3 is 0.726 bits per heavy atom. The van der Waals surface area contributed by atoms with Gasteiger partial charge in [0.2, 0.25) is 0 Å². The van der Waals surface area contributed by atoms with Gasteiger partial charge in [-0.3, -0.25) is 0 Å². The van der Waals surface area contributed by atoms with E-state index in [0.717, 1.165) is 55.3 Å². The van der Waals surface area contributed by atoms with Crippen LogP contribution in [0.1, 0.15) is 33.9 Å². The van der Waals surface area contributed by atoms with Crippen LogP contribution < -0.4 is 0 Å². The normalized spacial score (nSPS) is 11.7. The Morgan fingerprint density at radius 1 is 0.226 bits per heavy atom. The topological polar surface area (TPSA) is 77.3 Å². The first kappa shape index (κ1) is 37.8. The number of fused-ring (bicyclic) bond motifs is 2. The molecule has 0 unspecified atom stereocenters. The van der Waals surface area contributed by atoms with Gasteiger partial charge in [0.1, 0.15) is 0 Å². The van der Waals surface area contributed by atoms with Gasteiger partial charge in [-0.05, 0) is 80.2 Å². The van der Waals surface area contributed by atoms with Crippen molar-refractivity contribution >= 4 is 58.0 Å². The second-order valence-electron chi connectivity index (χ2n) is 14.9. The van der Waals surface area contributed by atoms with Gasteiger partial charge in [0.15, 0.2) is 34.9 Å². The van der Waals surface area contributed by atoms with Crippen molar-refractivity contribution in [3.8, 4) is 45.6 Å². The highest BCUT2D eigenvalue weighted by atomic mass is 15.0. The number of hydrogen-bond donors (Lipinski definition) is 0. The Balaban J connectivity index is 0.843. The molecule has 0 radical (unpaired) electrons. The molecule has 6 heteroatoms. The number of rotatable bonds is 10. The maximum absolute atomic E-state index is 4.80. The third kappa shape index (κ3) is 8.76. The van der Waals surface area contributed by atoms with Crippen LogP contribution in [-0.2, 0) is 0 Å². The van der Waals surface area contributed by atoms with Crippen LogP contribution in [0.5, 0.6) is 0 Å². The summed E-state index contributed by atoms with van der Waals surface area (Å²) < 4.78 is 0. The molecule has 0 N–H and O–H groups in total. The van der Waals surface area contributed by atoms with E-state index < -0.39 is 0 Å². The minimum atomic E-state index is 0.607. The second kappa shape index (κ2) is 17.4. The van der Waals surface area contributed by atoms with E-state index in [2.05, 4.69) is 97.1 Å². The van der Waals surface area contributed by atoms with Crippen molar-refractivity contribution in [3.63, 3.8) is 0 Å². The van der Waals surface area contributed by atoms with Crippen LogP contribution >= 0.6 is 0 Å². The molecular weight excluding hydrogens is 757 g/mol. The first-order valence-electron chi connectivity index (χ1n) is 20.5. The highest BCUT2D eigenvalue weighted by Gasteiger charge is 2.11. The Kier molecular flexibility index (Phi) is 10.6. The maximum atomic E-state index is 4.80. The van der Waals surface area contributed by atoms with Crippen LogP contribution in [-0.4, -0.2) is 29.9 Å². The Labute approximate surface area is 360 Å². The van der Waals surface area contributed by atoms with Gasteiger partial charge in [0, 0.05) is 22.3 Å². The van der Waals surface area contributed by atoms with Crippen LogP contribution in [0.2, 0.25) is 0 Å². The Morgan fingerprint density at radius 2 is 0.468 bits per heavy atom. The molecule has 0 atom stereocenters. The minimum absolute atomic E-state index is 0.607. The van der Waals surface area contributed by atoms with Crippen LogP contribution in [0.25, 0.3) is 104 Å². The van der Waals surface area contributed by atoms with Crippen molar-refractivity contribution in [2.24, 2.45) is 0 Å². The van der Waals surface area contributed by atoms with E-state index in [1.807, 2.05) is 133 Å². The molecule has 0 aliphatic carbocycles. The Bertz CT molecular complexity index is 2930. The van der Waals surface area contributed by atoms with Crippen molar-refractivity contribution in [3.05, 3.63) is 228 Å². The molecule has 0 spiro atoms. The maximum Gasteiger partial charge on any atom is 0.164 e. The minimum Gasteiger partial charge on any atom is -0.209 e. The number of aromatic nitrogens is 6. The average molecular weight is 795 g/mol. The molecule has 2 aromatic heterocycles. The molecule has 0 bridgehead atoms. The molecule has 10 rings (SSSR count). The van der Waals surface area contributed by atoms with Gasteiger partial charge in [-0.25, -0.2) is 29.9 Å². The standard InChI is InChI=1S/C56H38N6/c1-5-13-43(14-6-1)53-57-51(58-54(61-53)44-15-7-2-8-16-44)33-27-41-25-31-47-35-39(23-29-49(47)37-41)21-22-40-24-30-50-38-42(26-32-48(50)36-40)28-34-52-59-55(45-17-9-3-10-18-45)62-56(60-52)46-19-11-4-12-20-46/h1-38H/b22-21+,33-27+,34-28+. The molecule has 0 saturated carbocycles. The fourth-order valence-electron chi connectivity index (χ4n) is 7.31. The summed E-state index contributed by atoms with van der Waals surface area (Å²) in [6.45, 7) is 0. The van der Waals surface area contributed by atoms with E-state index in [9.17, 15) is 0 Å². The van der Waals surface area contributed by atoms with Gasteiger partial charge < -0.3 is 0 Å². The van der Waals surface area contributed by atoms with E-state index >= 15 is 0 Å². The summed E-state index contributed by atoms with van der Waals surface area (Å²) in [5.74, 6) is 3.80. The molecule has 0 aliphatic heterocycles. The summed E-state index contributed by atoms with van der Waals surface area (Å²) >= 11 is 0. The van der Waals surface area contributed by atoms with Gasteiger partial charge in [0.05, 0.1) is 0 Å². The fourth-order valence-corrected chi connectivity index (χ4v) is 7.31. The van der Waals surface area contributed by atoms with Crippen molar-refractivity contribution in [1.82, 2.24) is 29.9 Å². The van der Waals surface area contributed by atoms with Crippen LogP contribution in [0.3, 0.4) is 0 Å². The zero-order valence-electron chi connectivity index (χ0n) is 33.6. The van der Waals surface area contributed by atoms with Crippen molar-refractivity contribution in [2.75, 3.05) is 0 Å². The average Bonchev–Trinajstić information content (AvgIpc) is 3.35. The monoisotopic (exact) mass is 794 g/mol. The van der Waals surface area contributed by atoms with Gasteiger partial charge >= 0.3 is 0 Å². The lowest BCUT2D eigenvalue weighted by molar-refractivity contribution is 1.05. The lowest BCUT2D eigenvalue weighted by atomic mass is 10.0. The predicted molar refractivity (Wildman–Crippen MR) is 256 cm³/mol. The van der Waals surface area contributed by atoms with Crippen LogP contribution in [0.15, 0.2) is 194 Å². The second-order valence-corrected chi connectivity index (χ2v) is 14.9. The van der Waals surface area contributed by atoms with E-state index in [1.165, 1.54) is 10.8 Å². The molecule has 10 aromatic rings. The van der Waals surface area contributed by atoms with Gasteiger partial charge in [-0.2, -0.15) is 0 Å². The summed E-state index contributed by atoms with van der Waals surface area (Å²) in [5, 5.41) is 4.67. The van der Waals surface area contributed by atoms with Crippen molar-refractivity contribution in [1.29, 1.82) is 0 Å². The Hall–Kier alpha value is -8.48. The highest BCUT2D eigenvalue weighted by Crippen LogP contribution is 2.26. The zero-order valence-corrected chi connectivity index (χ0v) is 33.6. The van der Waals surface area contributed by atoms with E-state index in [-0.39, 0.29) is 0 Å². The van der Waals surface area contributed by atoms with Crippen molar-refractivity contribution < 1.29 is 0 Å². The molecule has 62 heavy (non-hydrogen) atoms. The SMILES string of the molecule is C(=C\c1ccc2cc(/C=C/c3nc(-c4ccccc4)nc(-c4ccccc4)n3)ccc2c1)/c1ccc2cc(/C=C/c3nc(-c4ccccc4)nc(-c4ccccc4)n3)ccc2c1. The molecule has 6 nitrogen and oxygen atoms in total. The predicted octanol–water partition coefficient (Wildman–Crippen LogP) is 13.5. The largest absolute Gasteiger partial charge is 0.209 e. The first-order valence-corrected chi connectivity index (χ1v) is 20.5. The van der Waals surface area contributed by atoms with Crippen molar-refractivity contribution in [2.45, 2.75) is 0 Å². The summed E-state index contributed by atoms with van der Waals surface area (Å²) in [4.78, 5) is 28.8. The van der Waals surface area contributed by atoms with E-state index in [4.69, 9.17) is 29.9 Å². The van der Waals surface area contributed by atoms with Crippen LogP contribution in [0.4, 0.5) is 0 Å². The molecule has 8 aromatic carbocycles. The lowest BCUT2D eigenvalue weighted by Gasteiger charge is -2.06. The smallest absolute Gasteiger partial charge is 0.164 e. The number of benzene rings is 8. The van der Waals surface area contributed by atoms with Gasteiger partial charge in [-0.1, -0.05) is 194 Å². The molecule has 0 saturated heterocycles. The fraction of sp³-hybridized carbons (Fsp3) is 0. The zero-order chi connectivity index (χ0) is 41.5. The lowest BCUT2D eigenvalue weighted by Crippen LogP contribution is -1.99. The third-order valence-corrected chi connectivity index (χ3v) is 10.5. The summed E-state index contributed by atoms with van der Waals surface area (Å²) in [6.07, 6.45) is 12.4. The molecular formula is C56H38N6. The molecule has 292 valence electrons. The third-order valence-electron chi connectivity index (χ3n) is 10.5. The quantitative estimate of drug-likeness (QED) is 0.128. The highest BCUT2D eigenvalue weighted by molar-refractivity contribution is 5.91. The molecule has 2 heterocycles. The summed E-state index contributed by atoms with van der Waals surface area (Å²) in [5.41, 5.74) is 8.21. The summed E-state index contributed by atoms with van der Waals surface area (Å²) in [6, 6.07) is 66.2. The van der Waals surface area contributed by atoms with Gasteiger partial charge in [0.25, 0.3) is 0 Å². The molecule has 0 aliphatic rings.